The van der Waals surface area contributed by atoms with E-state index < -0.39 is 22.0 Å². The summed E-state index contributed by atoms with van der Waals surface area (Å²) in [6.07, 6.45) is -4.70. The minimum absolute atomic E-state index is 0.0123. The number of nitrogens with zero attached hydrogens (tertiary/aromatic N) is 2. The fourth-order valence-corrected chi connectivity index (χ4v) is 3.99. The molecule has 0 spiro atoms. The Hall–Kier alpha value is -2.52. The lowest BCUT2D eigenvalue weighted by Crippen LogP contribution is -2.30. The van der Waals surface area contributed by atoms with Crippen molar-refractivity contribution in [2.45, 2.75) is 17.8 Å². The summed E-state index contributed by atoms with van der Waals surface area (Å²) >= 11 is 6.64. The number of hydrogen-bond acceptors (Lipinski definition) is 4. The third-order valence-corrected chi connectivity index (χ3v) is 5.61. The molecule has 10 heteroatoms. The average molecular weight is 442 g/mol. The molecule has 0 aliphatic carbocycles. The van der Waals surface area contributed by atoms with Crippen LogP contribution < -0.4 is 5.32 Å². The molecule has 0 radical (unpaired) electrons. The van der Waals surface area contributed by atoms with E-state index in [1.165, 1.54) is 18.0 Å². The molecule has 2 aromatic carbocycles. The lowest BCUT2D eigenvalue weighted by atomic mass is 10.2. The van der Waals surface area contributed by atoms with Crippen LogP contribution in [0, 0.1) is 0 Å². The molecule has 2 aromatic rings. The molecule has 1 N–H and O–H groups in total. The molecule has 1 saturated heterocycles. The van der Waals surface area contributed by atoms with Crippen LogP contribution in [0.3, 0.4) is 0 Å². The zero-order valence-corrected chi connectivity index (χ0v) is 16.6. The predicted octanol–water partition coefficient (Wildman–Crippen LogP) is 4.95. The molecule has 3 rings (SSSR count). The van der Waals surface area contributed by atoms with Gasteiger partial charge in [-0.05, 0) is 30.3 Å². The van der Waals surface area contributed by atoms with Gasteiger partial charge in [0.05, 0.1) is 16.3 Å². The number of aliphatic imine (C=N–C) groups is 1. The van der Waals surface area contributed by atoms with Crippen molar-refractivity contribution < 1.29 is 22.8 Å². The van der Waals surface area contributed by atoms with Crippen molar-refractivity contribution in [3.63, 3.8) is 0 Å². The smallest absolute Gasteiger partial charge is 0.326 e. The fourth-order valence-electron chi connectivity index (χ4n) is 2.61. The van der Waals surface area contributed by atoms with E-state index in [1.807, 2.05) is 6.07 Å². The highest BCUT2D eigenvalue weighted by Crippen LogP contribution is 2.38. The number of carbonyl (C=O) groups excluding carboxylic acids is 2. The fraction of sp³-hybridized carbons (Fsp3) is 0.211. The Morgan fingerprint density at radius 2 is 1.93 bits per heavy atom. The zero-order valence-electron chi connectivity index (χ0n) is 15.0. The third-order valence-electron chi connectivity index (χ3n) is 4.05. The number of carbonyl (C=O) groups is 2. The van der Waals surface area contributed by atoms with Gasteiger partial charge in [-0.2, -0.15) is 13.2 Å². The molecular weight excluding hydrogens is 427 g/mol. The van der Waals surface area contributed by atoms with Gasteiger partial charge < -0.3 is 5.32 Å². The molecule has 1 heterocycles. The Bertz CT molecular complexity index is 967. The Morgan fingerprint density at radius 1 is 1.24 bits per heavy atom. The van der Waals surface area contributed by atoms with E-state index in [9.17, 15) is 22.8 Å². The third kappa shape index (κ3) is 5.10. The standard InChI is InChI=1S/C19H15ClF3N3O2S/c1-26-17(28)15(10-16(27)24-11-5-3-2-4-6-11)29-18(26)25-12-7-8-14(20)13(9-12)19(21,22)23/h2-9,15H,10H2,1H3,(H,24,27)/t15-/m1/s1. The van der Waals surface area contributed by atoms with Crippen LogP contribution in [0.2, 0.25) is 5.02 Å². The number of benzene rings is 2. The van der Waals surface area contributed by atoms with Crippen LogP contribution in [0.5, 0.6) is 0 Å². The van der Waals surface area contributed by atoms with Gasteiger partial charge in [0.15, 0.2) is 5.17 Å². The van der Waals surface area contributed by atoms with Crippen molar-refractivity contribution >= 4 is 51.7 Å². The van der Waals surface area contributed by atoms with Crippen molar-refractivity contribution in [1.29, 1.82) is 0 Å². The summed E-state index contributed by atoms with van der Waals surface area (Å²) in [5.74, 6) is -0.690. The number of nitrogens with one attached hydrogen (secondary N) is 1. The van der Waals surface area contributed by atoms with Crippen LogP contribution in [0.15, 0.2) is 53.5 Å². The van der Waals surface area contributed by atoms with Gasteiger partial charge >= 0.3 is 6.18 Å². The summed E-state index contributed by atoms with van der Waals surface area (Å²) in [5.41, 5.74) is -0.383. The molecule has 1 aliphatic heterocycles. The summed E-state index contributed by atoms with van der Waals surface area (Å²) in [4.78, 5) is 30.0. The highest BCUT2D eigenvalue weighted by Gasteiger charge is 2.37. The maximum Gasteiger partial charge on any atom is 0.417 e. The number of anilines is 1. The van der Waals surface area contributed by atoms with Crippen molar-refractivity contribution in [2.24, 2.45) is 4.99 Å². The Morgan fingerprint density at radius 3 is 2.59 bits per heavy atom. The summed E-state index contributed by atoms with van der Waals surface area (Å²) in [6.45, 7) is 0. The maximum absolute atomic E-state index is 13.0. The largest absolute Gasteiger partial charge is 0.417 e. The van der Waals surface area contributed by atoms with E-state index >= 15 is 0 Å². The van der Waals surface area contributed by atoms with E-state index in [0.29, 0.717) is 5.69 Å². The zero-order chi connectivity index (χ0) is 21.2. The lowest BCUT2D eigenvalue weighted by molar-refractivity contribution is -0.137. The van der Waals surface area contributed by atoms with E-state index in [2.05, 4.69) is 10.3 Å². The molecule has 0 unspecified atom stereocenters. The SMILES string of the molecule is CN1C(=O)[C@@H](CC(=O)Nc2ccccc2)SC1=Nc1ccc(Cl)c(C(F)(F)F)c1. The van der Waals surface area contributed by atoms with Gasteiger partial charge in [-0.25, -0.2) is 4.99 Å². The minimum atomic E-state index is -4.62. The molecule has 5 nitrogen and oxygen atoms in total. The van der Waals surface area contributed by atoms with Crippen LogP contribution in [-0.4, -0.2) is 34.2 Å². The Kier molecular flexibility index (Phi) is 6.18. The maximum atomic E-state index is 13.0. The van der Waals surface area contributed by atoms with Crippen LogP contribution in [0.25, 0.3) is 0 Å². The molecule has 1 aliphatic rings. The molecule has 0 bridgehead atoms. The van der Waals surface area contributed by atoms with Gasteiger partial charge in [0, 0.05) is 19.2 Å². The van der Waals surface area contributed by atoms with E-state index in [-0.39, 0.29) is 29.1 Å². The monoisotopic (exact) mass is 441 g/mol. The molecule has 0 aromatic heterocycles. The average Bonchev–Trinajstić information content (AvgIpc) is 2.91. The number of thioether (sulfide) groups is 1. The second-order valence-electron chi connectivity index (χ2n) is 6.18. The first-order chi connectivity index (χ1) is 13.6. The lowest BCUT2D eigenvalue weighted by Gasteiger charge is -2.11. The number of hydrogen-bond donors (Lipinski definition) is 1. The van der Waals surface area contributed by atoms with Gasteiger partial charge in [-0.3, -0.25) is 14.5 Å². The van der Waals surface area contributed by atoms with Crippen molar-refractivity contribution in [3.8, 4) is 0 Å². The summed E-state index contributed by atoms with van der Waals surface area (Å²) in [5, 5.41) is 1.77. The predicted molar refractivity (Wildman–Crippen MR) is 107 cm³/mol. The van der Waals surface area contributed by atoms with Gasteiger partial charge in [0.25, 0.3) is 0 Å². The molecule has 2 amide bonds. The van der Waals surface area contributed by atoms with Gasteiger partial charge in [-0.15, -0.1) is 0 Å². The summed E-state index contributed by atoms with van der Waals surface area (Å²) < 4.78 is 39.1. The molecular formula is C19H15ClF3N3O2S. The van der Waals surface area contributed by atoms with Crippen LogP contribution in [0.4, 0.5) is 24.5 Å². The molecule has 29 heavy (non-hydrogen) atoms. The number of para-hydroxylation sites is 1. The Balaban J connectivity index is 1.74. The van der Waals surface area contributed by atoms with Crippen LogP contribution >= 0.6 is 23.4 Å². The first-order valence-corrected chi connectivity index (χ1v) is 9.65. The molecule has 1 fully saturated rings. The number of amidine groups is 1. The van der Waals surface area contributed by atoms with E-state index in [4.69, 9.17) is 11.6 Å². The minimum Gasteiger partial charge on any atom is -0.326 e. The van der Waals surface area contributed by atoms with Crippen LogP contribution in [-0.2, 0) is 15.8 Å². The number of amides is 2. The van der Waals surface area contributed by atoms with Crippen LogP contribution in [0.1, 0.15) is 12.0 Å². The second kappa shape index (κ2) is 8.46. The normalized spacial score (nSPS) is 18.4. The number of rotatable bonds is 4. The van der Waals surface area contributed by atoms with Crippen molar-refractivity contribution in [2.75, 3.05) is 12.4 Å². The molecule has 152 valence electrons. The first kappa shape index (κ1) is 21.2. The molecule has 0 saturated carbocycles. The van der Waals surface area contributed by atoms with E-state index in [0.717, 1.165) is 23.9 Å². The van der Waals surface area contributed by atoms with Crippen molar-refractivity contribution in [1.82, 2.24) is 4.90 Å². The van der Waals surface area contributed by atoms with Crippen molar-refractivity contribution in [3.05, 3.63) is 59.1 Å². The summed E-state index contributed by atoms with van der Waals surface area (Å²) in [6, 6.07) is 12.1. The second-order valence-corrected chi connectivity index (χ2v) is 7.76. The van der Waals surface area contributed by atoms with Gasteiger partial charge in [-0.1, -0.05) is 41.6 Å². The quantitative estimate of drug-likeness (QED) is 0.730. The first-order valence-electron chi connectivity index (χ1n) is 8.39. The van der Waals surface area contributed by atoms with Gasteiger partial charge in [0.1, 0.15) is 5.25 Å². The topological polar surface area (TPSA) is 61.8 Å². The Labute approximate surface area is 173 Å². The highest BCUT2D eigenvalue weighted by molar-refractivity contribution is 8.15. The highest BCUT2D eigenvalue weighted by atomic mass is 35.5. The number of alkyl halides is 3. The molecule has 1 atom stereocenters. The number of halogens is 4. The summed E-state index contributed by atoms with van der Waals surface area (Å²) in [7, 11) is 1.46. The van der Waals surface area contributed by atoms with Gasteiger partial charge in [0.2, 0.25) is 11.8 Å². The van der Waals surface area contributed by atoms with E-state index in [1.54, 1.807) is 24.3 Å².